The van der Waals surface area contributed by atoms with Gasteiger partial charge in [-0.1, -0.05) is 12.8 Å². The molecule has 17 heavy (non-hydrogen) atoms. The molecule has 5 nitrogen and oxygen atoms in total. The Bertz CT molecular complexity index is 371. The molecule has 1 aliphatic carbocycles. The van der Waals surface area contributed by atoms with Crippen molar-refractivity contribution in [1.82, 2.24) is 20.8 Å². The van der Waals surface area contributed by atoms with E-state index in [-0.39, 0.29) is 6.03 Å². The second-order valence-corrected chi connectivity index (χ2v) is 4.47. The molecule has 1 aliphatic rings. The molecule has 1 aromatic heterocycles. The minimum atomic E-state index is -0.112. The average Bonchev–Trinajstić information content (AvgIpc) is 2.81. The predicted molar refractivity (Wildman–Crippen MR) is 64.4 cm³/mol. The van der Waals surface area contributed by atoms with Crippen LogP contribution in [0.15, 0.2) is 12.1 Å². The van der Waals surface area contributed by atoms with Crippen LogP contribution in [0.5, 0.6) is 0 Å². The third-order valence-corrected chi connectivity index (χ3v) is 2.97. The van der Waals surface area contributed by atoms with Crippen molar-refractivity contribution in [2.75, 3.05) is 0 Å². The quantitative estimate of drug-likeness (QED) is 0.833. The minimum Gasteiger partial charge on any atom is -0.335 e. The van der Waals surface area contributed by atoms with E-state index in [0.717, 1.165) is 24.2 Å². The largest absolute Gasteiger partial charge is 0.335 e. The van der Waals surface area contributed by atoms with Gasteiger partial charge in [-0.25, -0.2) is 4.79 Å². The molecule has 0 aromatic carbocycles. The Morgan fingerprint density at radius 1 is 1.35 bits per heavy atom. The van der Waals surface area contributed by atoms with Crippen LogP contribution in [0.2, 0.25) is 0 Å². The highest BCUT2D eigenvalue weighted by atomic mass is 16.2. The van der Waals surface area contributed by atoms with Crippen molar-refractivity contribution in [3.63, 3.8) is 0 Å². The Kier molecular flexibility index (Phi) is 3.90. The van der Waals surface area contributed by atoms with Crippen LogP contribution in [0.4, 0.5) is 4.79 Å². The molecule has 92 valence electrons. The van der Waals surface area contributed by atoms with Crippen LogP contribution in [0.1, 0.15) is 37.1 Å². The van der Waals surface area contributed by atoms with Gasteiger partial charge in [0, 0.05) is 6.04 Å². The van der Waals surface area contributed by atoms with Gasteiger partial charge in [0.1, 0.15) is 0 Å². The van der Waals surface area contributed by atoms with Gasteiger partial charge < -0.3 is 10.6 Å². The van der Waals surface area contributed by atoms with Gasteiger partial charge in [0.05, 0.1) is 17.9 Å². The smallest absolute Gasteiger partial charge is 0.315 e. The standard InChI is InChI=1S/C12H18N4O/c1-9-6-7-11(16-15-9)8-13-12(17)14-10-4-2-3-5-10/h6-7,10H,2-5,8H2,1H3,(H2,13,14,17). The Hall–Kier alpha value is -1.65. The summed E-state index contributed by atoms with van der Waals surface area (Å²) in [6.45, 7) is 2.31. The maximum atomic E-state index is 11.6. The number of rotatable bonds is 3. The second-order valence-electron chi connectivity index (χ2n) is 4.47. The highest BCUT2D eigenvalue weighted by Crippen LogP contribution is 2.17. The third kappa shape index (κ3) is 3.69. The number of aromatic nitrogens is 2. The molecule has 0 unspecified atom stereocenters. The summed E-state index contributed by atoms with van der Waals surface area (Å²) < 4.78 is 0. The maximum absolute atomic E-state index is 11.6. The zero-order chi connectivity index (χ0) is 12.1. The zero-order valence-corrected chi connectivity index (χ0v) is 10.1. The lowest BCUT2D eigenvalue weighted by molar-refractivity contribution is 0.236. The molecule has 1 aromatic rings. The van der Waals surface area contributed by atoms with Gasteiger partial charge in [0.15, 0.2) is 0 Å². The summed E-state index contributed by atoms with van der Waals surface area (Å²) in [5.41, 5.74) is 1.65. The number of nitrogens with one attached hydrogen (secondary N) is 2. The molecule has 0 spiro atoms. The van der Waals surface area contributed by atoms with Gasteiger partial charge in [-0.3, -0.25) is 0 Å². The van der Waals surface area contributed by atoms with E-state index in [4.69, 9.17) is 0 Å². The summed E-state index contributed by atoms with van der Waals surface area (Å²) in [5, 5.41) is 13.7. The molecule has 1 fully saturated rings. The first kappa shape index (κ1) is 11.8. The molecule has 0 saturated heterocycles. The van der Waals surface area contributed by atoms with E-state index in [9.17, 15) is 4.79 Å². The van der Waals surface area contributed by atoms with Crippen molar-refractivity contribution in [3.8, 4) is 0 Å². The fourth-order valence-corrected chi connectivity index (χ4v) is 2.00. The van der Waals surface area contributed by atoms with Gasteiger partial charge in [0.25, 0.3) is 0 Å². The number of carbonyl (C=O) groups is 1. The molecule has 0 atom stereocenters. The number of nitrogens with zero attached hydrogens (tertiary/aromatic N) is 2. The topological polar surface area (TPSA) is 66.9 Å². The van der Waals surface area contributed by atoms with E-state index in [1.807, 2.05) is 19.1 Å². The Labute approximate surface area is 101 Å². The van der Waals surface area contributed by atoms with Gasteiger partial charge >= 0.3 is 6.03 Å². The third-order valence-electron chi connectivity index (χ3n) is 2.97. The SMILES string of the molecule is Cc1ccc(CNC(=O)NC2CCCC2)nn1. The first-order chi connectivity index (χ1) is 8.24. The van der Waals surface area contributed by atoms with Crippen LogP contribution in [-0.2, 0) is 6.54 Å². The number of hydrogen-bond donors (Lipinski definition) is 2. The molecule has 1 saturated carbocycles. The molecule has 2 N–H and O–H groups in total. The number of aryl methyl sites for hydroxylation is 1. The first-order valence-electron chi connectivity index (χ1n) is 6.07. The Morgan fingerprint density at radius 3 is 2.76 bits per heavy atom. The summed E-state index contributed by atoms with van der Waals surface area (Å²) in [6, 6.07) is 4.00. The summed E-state index contributed by atoms with van der Waals surface area (Å²) in [5.74, 6) is 0. The zero-order valence-electron chi connectivity index (χ0n) is 10.1. The summed E-state index contributed by atoms with van der Waals surface area (Å²) >= 11 is 0. The number of hydrogen-bond acceptors (Lipinski definition) is 3. The van der Waals surface area contributed by atoms with Crippen LogP contribution in [-0.4, -0.2) is 22.3 Å². The van der Waals surface area contributed by atoms with E-state index in [2.05, 4.69) is 20.8 Å². The van der Waals surface area contributed by atoms with Crippen LogP contribution < -0.4 is 10.6 Å². The first-order valence-corrected chi connectivity index (χ1v) is 6.07. The maximum Gasteiger partial charge on any atom is 0.315 e. The van der Waals surface area contributed by atoms with E-state index in [1.54, 1.807) is 0 Å². The minimum absolute atomic E-state index is 0.112. The second kappa shape index (κ2) is 5.61. The molecule has 0 bridgehead atoms. The van der Waals surface area contributed by atoms with Crippen LogP contribution >= 0.6 is 0 Å². The average molecular weight is 234 g/mol. The fourth-order valence-electron chi connectivity index (χ4n) is 2.00. The lowest BCUT2D eigenvalue weighted by Crippen LogP contribution is -2.40. The van der Waals surface area contributed by atoms with Crippen molar-refractivity contribution in [1.29, 1.82) is 0 Å². The number of urea groups is 1. The molecule has 0 aliphatic heterocycles. The van der Waals surface area contributed by atoms with Gasteiger partial charge in [0.2, 0.25) is 0 Å². The normalized spacial score (nSPS) is 15.8. The van der Waals surface area contributed by atoms with Crippen molar-refractivity contribution in [3.05, 3.63) is 23.5 Å². The molecule has 1 heterocycles. The summed E-state index contributed by atoms with van der Waals surface area (Å²) in [4.78, 5) is 11.6. The lowest BCUT2D eigenvalue weighted by atomic mass is 10.2. The van der Waals surface area contributed by atoms with E-state index in [0.29, 0.717) is 12.6 Å². The van der Waals surface area contributed by atoms with Gasteiger partial charge in [-0.2, -0.15) is 10.2 Å². The Morgan fingerprint density at radius 2 is 2.12 bits per heavy atom. The van der Waals surface area contributed by atoms with Crippen molar-refractivity contribution in [2.45, 2.75) is 45.2 Å². The molecule has 0 radical (unpaired) electrons. The molecular formula is C12H18N4O. The molecule has 2 amide bonds. The lowest BCUT2D eigenvalue weighted by Gasteiger charge is -2.12. The van der Waals surface area contributed by atoms with Crippen molar-refractivity contribution >= 4 is 6.03 Å². The molecule has 5 heteroatoms. The van der Waals surface area contributed by atoms with Crippen LogP contribution in [0.25, 0.3) is 0 Å². The highest BCUT2D eigenvalue weighted by Gasteiger charge is 2.16. The fraction of sp³-hybridized carbons (Fsp3) is 0.583. The highest BCUT2D eigenvalue weighted by molar-refractivity contribution is 5.74. The molecular weight excluding hydrogens is 216 g/mol. The summed E-state index contributed by atoms with van der Waals surface area (Å²) in [6.07, 6.45) is 4.62. The van der Waals surface area contributed by atoms with Crippen molar-refractivity contribution in [2.24, 2.45) is 0 Å². The van der Waals surface area contributed by atoms with Gasteiger partial charge in [-0.05, 0) is 31.9 Å². The van der Waals surface area contributed by atoms with Gasteiger partial charge in [-0.15, -0.1) is 0 Å². The monoisotopic (exact) mass is 234 g/mol. The summed E-state index contributed by atoms with van der Waals surface area (Å²) in [7, 11) is 0. The number of carbonyl (C=O) groups excluding carboxylic acids is 1. The van der Waals surface area contributed by atoms with Crippen LogP contribution in [0.3, 0.4) is 0 Å². The molecule has 2 rings (SSSR count). The Balaban J connectivity index is 1.73. The van der Waals surface area contributed by atoms with E-state index in [1.165, 1.54) is 12.8 Å². The predicted octanol–water partition coefficient (Wildman–Crippen LogP) is 1.53. The van der Waals surface area contributed by atoms with E-state index >= 15 is 0 Å². The van der Waals surface area contributed by atoms with E-state index < -0.39 is 0 Å². The van der Waals surface area contributed by atoms with Crippen LogP contribution in [0, 0.1) is 6.92 Å². The number of amides is 2. The van der Waals surface area contributed by atoms with Crippen molar-refractivity contribution < 1.29 is 4.79 Å².